The number of hydrogen-bond acceptors (Lipinski definition) is 2. The van der Waals surface area contributed by atoms with Crippen molar-refractivity contribution in [2.24, 2.45) is 0 Å². The van der Waals surface area contributed by atoms with Crippen LogP contribution in [0.4, 0.5) is 22.0 Å². The second-order valence-corrected chi connectivity index (χ2v) is 4.43. The van der Waals surface area contributed by atoms with Gasteiger partial charge in [0.1, 0.15) is 11.5 Å². The van der Waals surface area contributed by atoms with Gasteiger partial charge in [0.15, 0.2) is 11.7 Å². The lowest BCUT2D eigenvalue weighted by molar-refractivity contribution is -0.274. The Morgan fingerprint density at radius 1 is 0.739 bits per heavy atom. The Labute approximate surface area is 128 Å². The predicted molar refractivity (Wildman–Crippen MR) is 75.1 cm³/mol. The molecule has 23 heavy (non-hydrogen) atoms. The summed E-state index contributed by atoms with van der Waals surface area (Å²) in [6.45, 7) is 0. The molecule has 0 aliphatic carbocycles. The van der Waals surface area contributed by atoms with Gasteiger partial charge in [0.2, 0.25) is 0 Å². The highest BCUT2D eigenvalue weighted by Crippen LogP contribution is 2.31. The molecular formula is C16H11F5O2. The molecule has 0 amide bonds. The molecule has 0 N–H and O–H groups in total. The number of ether oxygens (including phenoxy) is 2. The molecule has 2 nitrogen and oxygen atoms in total. The smallest absolute Gasteiger partial charge is 0.497 e. The molecule has 0 unspecified atom stereocenters. The molecule has 0 aromatic heterocycles. The summed E-state index contributed by atoms with van der Waals surface area (Å²) >= 11 is 0. The molecule has 0 radical (unpaired) electrons. The van der Waals surface area contributed by atoms with E-state index in [1.54, 1.807) is 0 Å². The highest BCUT2D eigenvalue weighted by Gasteiger charge is 2.31. The lowest BCUT2D eigenvalue weighted by Gasteiger charge is -2.09. The van der Waals surface area contributed by atoms with Crippen LogP contribution in [0.15, 0.2) is 48.5 Å². The molecule has 0 bridgehead atoms. The molecule has 2 rings (SSSR count). The van der Waals surface area contributed by atoms with Gasteiger partial charge in [-0.15, -0.1) is 13.2 Å². The van der Waals surface area contributed by atoms with E-state index in [9.17, 15) is 22.0 Å². The Hall–Kier alpha value is -2.57. The van der Waals surface area contributed by atoms with Crippen LogP contribution in [0.2, 0.25) is 0 Å². The van der Waals surface area contributed by atoms with Crippen molar-refractivity contribution in [2.45, 2.75) is 6.36 Å². The van der Waals surface area contributed by atoms with E-state index in [0.29, 0.717) is 5.75 Å². The molecule has 0 fully saturated rings. The van der Waals surface area contributed by atoms with Gasteiger partial charge < -0.3 is 9.47 Å². The molecule has 2 aromatic carbocycles. The summed E-state index contributed by atoms with van der Waals surface area (Å²) in [4.78, 5) is 0. The van der Waals surface area contributed by atoms with E-state index in [2.05, 4.69) is 4.74 Å². The SMILES string of the molecule is COc1ccc(/C(F)=C(\F)c2ccc(OC(F)(F)F)cc2)cc1. The molecular weight excluding hydrogens is 319 g/mol. The summed E-state index contributed by atoms with van der Waals surface area (Å²) in [5.41, 5.74) is -0.216. The normalized spacial score (nSPS) is 12.6. The third-order valence-electron chi connectivity index (χ3n) is 2.88. The van der Waals surface area contributed by atoms with E-state index in [1.165, 1.54) is 31.4 Å². The maximum Gasteiger partial charge on any atom is 0.573 e. The Morgan fingerprint density at radius 3 is 1.48 bits per heavy atom. The summed E-state index contributed by atoms with van der Waals surface area (Å²) in [7, 11) is 1.44. The molecule has 122 valence electrons. The highest BCUT2D eigenvalue weighted by atomic mass is 19.4. The quantitative estimate of drug-likeness (QED) is 0.555. The van der Waals surface area contributed by atoms with Gasteiger partial charge in [0.25, 0.3) is 0 Å². The fraction of sp³-hybridized carbons (Fsp3) is 0.125. The molecule has 0 saturated carbocycles. The number of alkyl halides is 3. The predicted octanol–water partition coefficient (Wildman–Crippen LogP) is 5.36. The van der Waals surface area contributed by atoms with Crippen molar-refractivity contribution in [1.82, 2.24) is 0 Å². The van der Waals surface area contributed by atoms with Crippen molar-refractivity contribution in [3.05, 3.63) is 59.7 Å². The van der Waals surface area contributed by atoms with Gasteiger partial charge in [-0.3, -0.25) is 0 Å². The second-order valence-electron chi connectivity index (χ2n) is 4.43. The maximum atomic E-state index is 14.1. The van der Waals surface area contributed by atoms with E-state index in [1.807, 2.05) is 0 Å². The van der Waals surface area contributed by atoms with Crippen LogP contribution in [-0.4, -0.2) is 13.5 Å². The minimum absolute atomic E-state index is 0.0149. The minimum atomic E-state index is -4.84. The van der Waals surface area contributed by atoms with E-state index >= 15 is 0 Å². The summed E-state index contributed by atoms with van der Waals surface area (Å²) in [6, 6.07) is 9.39. The van der Waals surface area contributed by atoms with Gasteiger partial charge in [0, 0.05) is 11.1 Å². The first-order valence-electron chi connectivity index (χ1n) is 6.36. The molecule has 0 aliphatic rings. The largest absolute Gasteiger partial charge is 0.573 e. The average molecular weight is 330 g/mol. The third-order valence-corrected chi connectivity index (χ3v) is 2.88. The number of methoxy groups -OCH3 is 1. The van der Waals surface area contributed by atoms with Gasteiger partial charge in [-0.05, 0) is 48.5 Å². The van der Waals surface area contributed by atoms with Crippen LogP contribution in [0.25, 0.3) is 11.7 Å². The van der Waals surface area contributed by atoms with E-state index in [0.717, 1.165) is 24.3 Å². The topological polar surface area (TPSA) is 18.5 Å². The first kappa shape index (κ1) is 16.8. The first-order chi connectivity index (χ1) is 10.8. The van der Waals surface area contributed by atoms with Crippen molar-refractivity contribution in [1.29, 1.82) is 0 Å². The fourth-order valence-corrected chi connectivity index (χ4v) is 1.79. The zero-order valence-corrected chi connectivity index (χ0v) is 11.8. The number of benzene rings is 2. The lowest BCUT2D eigenvalue weighted by Crippen LogP contribution is -2.16. The lowest BCUT2D eigenvalue weighted by atomic mass is 10.1. The average Bonchev–Trinajstić information content (AvgIpc) is 2.53. The van der Waals surface area contributed by atoms with Crippen molar-refractivity contribution < 1.29 is 31.4 Å². The second kappa shape index (κ2) is 6.68. The zero-order valence-electron chi connectivity index (χ0n) is 11.8. The summed E-state index contributed by atoms with van der Waals surface area (Å²) in [5.74, 6) is -2.35. The molecule has 0 heterocycles. The van der Waals surface area contributed by atoms with Crippen molar-refractivity contribution in [2.75, 3.05) is 7.11 Å². The standard InChI is InChI=1S/C16H11F5O2/c1-22-12-6-2-10(3-7-12)14(17)15(18)11-4-8-13(9-5-11)23-16(19,20)21/h2-9H,1H3/b15-14+. The highest BCUT2D eigenvalue weighted by molar-refractivity contribution is 5.83. The Morgan fingerprint density at radius 2 is 1.13 bits per heavy atom. The van der Waals surface area contributed by atoms with E-state index in [-0.39, 0.29) is 11.1 Å². The third kappa shape index (κ3) is 4.45. The van der Waals surface area contributed by atoms with Crippen LogP contribution in [0.3, 0.4) is 0 Å². The Bertz CT molecular complexity index is 688. The van der Waals surface area contributed by atoms with Gasteiger partial charge in [-0.1, -0.05) is 0 Å². The van der Waals surface area contributed by atoms with Gasteiger partial charge in [-0.2, -0.15) is 0 Å². The molecule has 0 aliphatic heterocycles. The van der Waals surface area contributed by atoms with Gasteiger partial charge >= 0.3 is 6.36 Å². The van der Waals surface area contributed by atoms with Crippen molar-refractivity contribution in [3.8, 4) is 11.5 Å². The zero-order chi connectivity index (χ0) is 17.0. The van der Waals surface area contributed by atoms with Crippen LogP contribution in [0.5, 0.6) is 11.5 Å². The Kier molecular flexibility index (Phi) is 4.88. The Balaban J connectivity index is 2.25. The molecule has 0 atom stereocenters. The summed E-state index contributed by atoms with van der Waals surface area (Å²) in [6.07, 6.45) is -4.84. The van der Waals surface area contributed by atoms with Crippen LogP contribution in [0, 0.1) is 0 Å². The van der Waals surface area contributed by atoms with Gasteiger partial charge in [-0.25, -0.2) is 8.78 Å². The summed E-state index contributed by atoms with van der Waals surface area (Å²) < 4.78 is 72.8. The molecule has 2 aromatic rings. The van der Waals surface area contributed by atoms with Crippen molar-refractivity contribution in [3.63, 3.8) is 0 Å². The monoisotopic (exact) mass is 330 g/mol. The summed E-state index contributed by atoms with van der Waals surface area (Å²) in [5, 5.41) is 0. The van der Waals surface area contributed by atoms with Crippen molar-refractivity contribution >= 4 is 11.7 Å². The molecule has 0 spiro atoms. The number of hydrogen-bond donors (Lipinski definition) is 0. The molecule has 0 saturated heterocycles. The van der Waals surface area contributed by atoms with E-state index < -0.39 is 23.8 Å². The number of rotatable bonds is 4. The molecule has 7 heteroatoms. The number of halogens is 5. The van der Waals surface area contributed by atoms with E-state index in [4.69, 9.17) is 4.74 Å². The van der Waals surface area contributed by atoms with Crippen LogP contribution < -0.4 is 9.47 Å². The van der Waals surface area contributed by atoms with Gasteiger partial charge in [0.05, 0.1) is 7.11 Å². The minimum Gasteiger partial charge on any atom is -0.497 e. The maximum absolute atomic E-state index is 14.1. The fourth-order valence-electron chi connectivity index (χ4n) is 1.79. The first-order valence-corrected chi connectivity index (χ1v) is 6.36. The van der Waals surface area contributed by atoms with Crippen LogP contribution in [0.1, 0.15) is 11.1 Å². The van der Waals surface area contributed by atoms with Crippen LogP contribution >= 0.6 is 0 Å². The van der Waals surface area contributed by atoms with Crippen LogP contribution in [-0.2, 0) is 0 Å².